The van der Waals surface area contributed by atoms with Crippen LogP contribution < -0.4 is 11.2 Å². The summed E-state index contributed by atoms with van der Waals surface area (Å²) in [5, 5.41) is 2.78. The first-order valence-corrected chi connectivity index (χ1v) is 12.9. The Kier molecular flexibility index (Phi) is 6.14. The molecule has 5 rings (SSSR count). The average molecular weight is 495 g/mol. The van der Waals surface area contributed by atoms with Crippen LogP contribution in [0.5, 0.6) is 0 Å². The van der Waals surface area contributed by atoms with Crippen LogP contribution in [0.25, 0.3) is 21.1 Å². The van der Waals surface area contributed by atoms with Gasteiger partial charge in [0.25, 0.3) is 11.5 Å². The van der Waals surface area contributed by atoms with Crippen molar-refractivity contribution < 1.29 is 9.63 Å². The van der Waals surface area contributed by atoms with Crippen molar-refractivity contribution in [2.24, 2.45) is 13.0 Å². The molecule has 4 heterocycles. The number of H-pyrrole nitrogens is 1. The first-order valence-electron chi connectivity index (χ1n) is 12.0. The number of hydroxylamine groups is 2. The quantitative estimate of drug-likeness (QED) is 0.455. The third kappa shape index (κ3) is 4.02. The van der Waals surface area contributed by atoms with Crippen LogP contribution in [0.4, 0.5) is 0 Å². The first kappa shape index (κ1) is 23.6. The SMILES string of the molecule is Cc1[nH]c2ccccc2c1Cc1sc2c(c1C(=O)N1CCCCO1)c(=O)n(C)c(=O)n2CC(C)C. The molecule has 35 heavy (non-hydrogen) atoms. The van der Waals surface area contributed by atoms with Crippen molar-refractivity contribution in [1.82, 2.24) is 19.2 Å². The van der Waals surface area contributed by atoms with Crippen LogP contribution >= 0.6 is 11.3 Å². The van der Waals surface area contributed by atoms with Crippen molar-refractivity contribution in [2.45, 2.75) is 46.6 Å². The van der Waals surface area contributed by atoms with Gasteiger partial charge in [0.1, 0.15) is 4.83 Å². The molecular weight excluding hydrogens is 464 g/mol. The third-order valence-electron chi connectivity index (χ3n) is 6.60. The number of aryl methyl sites for hydroxylation is 1. The maximum atomic E-state index is 13.8. The van der Waals surface area contributed by atoms with E-state index in [-0.39, 0.29) is 17.5 Å². The van der Waals surface area contributed by atoms with Crippen LogP contribution in [0, 0.1) is 12.8 Å². The molecule has 1 amide bonds. The van der Waals surface area contributed by atoms with Crippen LogP contribution in [0.3, 0.4) is 0 Å². The van der Waals surface area contributed by atoms with Crippen molar-refractivity contribution in [3.63, 3.8) is 0 Å². The van der Waals surface area contributed by atoms with Crippen LogP contribution in [-0.4, -0.2) is 38.2 Å². The normalized spacial score (nSPS) is 14.5. The lowest BCUT2D eigenvalue weighted by molar-refractivity contribution is -0.144. The molecule has 1 saturated heterocycles. The molecule has 1 fully saturated rings. The van der Waals surface area contributed by atoms with Gasteiger partial charge in [0, 0.05) is 48.0 Å². The van der Waals surface area contributed by atoms with E-state index in [1.165, 1.54) is 23.4 Å². The first-order chi connectivity index (χ1) is 16.8. The number of carbonyl (C=O) groups is 1. The fourth-order valence-corrected chi connectivity index (χ4v) is 6.15. The zero-order valence-electron chi connectivity index (χ0n) is 20.5. The van der Waals surface area contributed by atoms with E-state index < -0.39 is 5.56 Å². The van der Waals surface area contributed by atoms with E-state index in [2.05, 4.69) is 11.1 Å². The summed E-state index contributed by atoms with van der Waals surface area (Å²) in [6.07, 6.45) is 2.22. The molecule has 0 spiro atoms. The summed E-state index contributed by atoms with van der Waals surface area (Å²) in [7, 11) is 1.48. The maximum absolute atomic E-state index is 13.8. The maximum Gasteiger partial charge on any atom is 0.331 e. The topological polar surface area (TPSA) is 89.3 Å². The fourth-order valence-electron chi connectivity index (χ4n) is 4.86. The Morgan fingerprint density at radius 2 is 1.97 bits per heavy atom. The number of benzene rings is 1. The van der Waals surface area contributed by atoms with Crippen molar-refractivity contribution in [1.29, 1.82) is 0 Å². The van der Waals surface area contributed by atoms with Crippen LogP contribution in [-0.2, 0) is 24.9 Å². The summed E-state index contributed by atoms with van der Waals surface area (Å²) >= 11 is 1.37. The van der Waals surface area contributed by atoms with Crippen molar-refractivity contribution in [3.8, 4) is 0 Å². The molecular formula is C26H30N4O4S. The van der Waals surface area contributed by atoms with E-state index in [0.29, 0.717) is 41.9 Å². The molecule has 0 aliphatic carbocycles. The minimum Gasteiger partial charge on any atom is -0.358 e. The lowest BCUT2D eigenvalue weighted by Crippen LogP contribution is -2.40. The molecule has 1 aliphatic rings. The number of carbonyl (C=O) groups excluding carboxylic acids is 1. The number of nitrogens with zero attached hydrogens (tertiary/aromatic N) is 3. The molecule has 0 bridgehead atoms. The van der Waals surface area contributed by atoms with Crippen molar-refractivity contribution in [3.05, 3.63) is 66.8 Å². The van der Waals surface area contributed by atoms with Gasteiger partial charge in [-0.15, -0.1) is 11.3 Å². The highest BCUT2D eigenvalue weighted by Crippen LogP contribution is 2.35. The van der Waals surface area contributed by atoms with Crippen molar-refractivity contribution in [2.75, 3.05) is 13.2 Å². The summed E-state index contributed by atoms with van der Waals surface area (Å²) in [6.45, 7) is 7.49. The summed E-state index contributed by atoms with van der Waals surface area (Å²) in [4.78, 5) is 50.8. The van der Waals surface area contributed by atoms with Gasteiger partial charge in [-0.05, 0) is 37.3 Å². The summed E-state index contributed by atoms with van der Waals surface area (Å²) in [6, 6.07) is 8.07. The highest BCUT2D eigenvalue weighted by molar-refractivity contribution is 7.19. The van der Waals surface area contributed by atoms with Gasteiger partial charge in [0.05, 0.1) is 17.6 Å². The van der Waals surface area contributed by atoms with E-state index in [0.717, 1.165) is 44.4 Å². The van der Waals surface area contributed by atoms with Crippen LogP contribution in [0.1, 0.15) is 53.2 Å². The highest BCUT2D eigenvalue weighted by Gasteiger charge is 2.30. The Hall–Kier alpha value is -3.17. The number of aromatic amines is 1. The van der Waals surface area contributed by atoms with Crippen LogP contribution in [0.15, 0.2) is 33.9 Å². The molecule has 0 radical (unpaired) electrons. The predicted molar refractivity (Wildman–Crippen MR) is 138 cm³/mol. The Morgan fingerprint density at radius 3 is 2.69 bits per heavy atom. The van der Waals surface area contributed by atoms with Crippen molar-refractivity contribution >= 4 is 38.4 Å². The Bertz CT molecular complexity index is 1550. The van der Waals surface area contributed by atoms with Gasteiger partial charge in [-0.3, -0.25) is 23.6 Å². The van der Waals surface area contributed by atoms with E-state index in [1.54, 1.807) is 4.57 Å². The minimum atomic E-state index is -0.441. The van der Waals surface area contributed by atoms with Gasteiger partial charge >= 0.3 is 5.69 Å². The zero-order chi connectivity index (χ0) is 24.9. The van der Waals surface area contributed by atoms with E-state index >= 15 is 0 Å². The monoisotopic (exact) mass is 494 g/mol. The van der Waals surface area contributed by atoms with E-state index in [4.69, 9.17) is 4.84 Å². The number of amides is 1. The lowest BCUT2D eigenvalue weighted by atomic mass is 10.0. The second-order valence-corrected chi connectivity index (χ2v) is 10.7. The number of thiophene rings is 1. The van der Waals surface area contributed by atoms with Crippen LogP contribution in [0.2, 0.25) is 0 Å². The molecule has 1 N–H and O–H groups in total. The lowest BCUT2D eigenvalue weighted by Gasteiger charge is -2.26. The predicted octanol–water partition coefficient (Wildman–Crippen LogP) is 3.97. The number of hydrogen-bond donors (Lipinski definition) is 1. The van der Waals surface area contributed by atoms with E-state index in [1.807, 2.05) is 39.0 Å². The number of nitrogens with one attached hydrogen (secondary N) is 1. The number of para-hydroxylation sites is 1. The Balaban J connectivity index is 1.78. The van der Waals surface area contributed by atoms with Gasteiger partial charge < -0.3 is 4.98 Å². The van der Waals surface area contributed by atoms with Gasteiger partial charge in [-0.2, -0.15) is 0 Å². The molecule has 0 saturated carbocycles. The molecule has 0 unspecified atom stereocenters. The smallest absolute Gasteiger partial charge is 0.331 e. The molecule has 184 valence electrons. The van der Waals surface area contributed by atoms with Gasteiger partial charge in [-0.25, -0.2) is 9.86 Å². The Morgan fingerprint density at radius 1 is 1.20 bits per heavy atom. The molecule has 4 aromatic rings. The summed E-state index contributed by atoms with van der Waals surface area (Å²) in [5.74, 6) is -0.116. The zero-order valence-corrected chi connectivity index (χ0v) is 21.3. The van der Waals surface area contributed by atoms with E-state index in [9.17, 15) is 14.4 Å². The van der Waals surface area contributed by atoms with Gasteiger partial charge in [0.2, 0.25) is 0 Å². The molecule has 0 atom stereocenters. The summed E-state index contributed by atoms with van der Waals surface area (Å²) < 4.78 is 2.76. The molecule has 1 aromatic carbocycles. The molecule has 9 heteroatoms. The largest absolute Gasteiger partial charge is 0.358 e. The van der Waals surface area contributed by atoms with Gasteiger partial charge in [0.15, 0.2) is 0 Å². The summed E-state index contributed by atoms with van der Waals surface area (Å²) in [5.41, 5.74) is 2.68. The number of rotatable bonds is 5. The second-order valence-electron chi connectivity index (χ2n) is 9.63. The number of hydrogen-bond acceptors (Lipinski definition) is 5. The minimum absolute atomic E-state index is 0.194. The molecule has 3 aromatic heterocycles. The molecule has 1 aliphatic heterocycles. The fraction of sp³-hybridized carbons (Fsp3) is 0.423. The Labute approximate surface area is 206 Å². The molecule has 8 nitrogen and oxygen atoms in total. The second kappa shape index (κ2) is 9.13. The standard InChI is InChI=1S/C26H30N4O4S/c1-15(2)14-29-25-22(23(31)28(4)26(29)33)21(24(32)30-11-7-8-12-34-30)20(35-25)13-18-16(3)27-19-10-6-5-9-17(18)19/h5-6,9-10,15,27H,7-8,11-14H2,1-4H3. The third-order valence-corrected chi connectivity index (χ3v) is 7.81. The highest BCUT2D eigenvalue weighted by atomic mass is 32.1. The number of fused-ring (bicyclic) bond motifs is 2. The average Bonchev–Trinajstić information content (AvgIpc) is 3.38. The number of aromatic nitrogens is 3. The van der Waals surface area contributed by atoms with Gasteiger partial charge in [-0.1, -0.05) is 32.0 Å².